The van der Waals surface area contributed by atoms with E-state index >= 15 is 0 Å². The molecule has 0 saturated carbocycles. The molecule has 0 N–H and O–H groups in total. The van der Waals surface area contributed by atoms with E-state index in [4.69, 9.17) is 9.47 Å². The molecule has 0 radical (unpaired) electrons. The first-order valence-corrected chi connectivity index (χ1v) is 6.39. The summed E-state index contributed by atoms with van der Waals surface area (Å²) in [6.45, 7) is 5.16. The Morgan fingerprint density at radius 2 is 2.16 bits per heavy atom. The van der Waals surface area contributed by atoms with Crippen LogP contribution in [0.4, 0.5) is 0 Å². The standard InChI is InChI=1S/C14H17N3O2/c1-11-3-5-13(6-4-11)14(18-7-12(2)19-14)8-17-10-15-9-16-17/h3-6,9-10,12H,7-8H2,1-2H3. The van der Waals surface area contributed by atoms with Gasteiger partial charge in [-0.1, -0.05) is 29.8 Å². The second-order valence-electron chi connectivity index (χ2n) is 4.95. The van der Waals surface area contributed by atoms with Crippen LogP contribution in [0.1, 0.15) is 18.1 Å². The molecule has 1 aliphatic rings. The van der Waals surface area contributed by atoms with Crippen molar-refractivity contribution in [2.24, 2.45) is 0 Å². The van der Waals surface area contributed by atoms with Gasteiger partial charge >= 0.3 is 0 Å². The van der Waals surface area contributed by atoms with Gasteiger partial charge in [0.05, 0.1) is 12.7 Å². The van der Waals surface area contributed by atoms with E-state index in [1.165, 1.54) is 11.9 Å². The predicted octanol–water partition coefficient (Wildman–Crippen LogP) is 1.87. The van der Waals surface area contributed by atoms with E-state index in [9.17, 15) is 0 Å². The summed E-state index contributed by atoms with van der Waals surface area (Å²) in [5.41, 5.74) is 2.23. The predicted molar refractivity (Wildman–Crippen MR) is 69.4 cm³/mol. The molecule has 19 heavy (non-hydrogen) atoms. The van der Waals surface area contributed by atoms with E-state index in [0.717, 1.165) is 5.56 Å². The lowest BCUT2D eigenvalue weighted by Gasteiger charge is -2.28. The Hall–Kier alpha value is -1.72. The zero-order chi connectivity index (χ0) is 13.3. The zero-order valence-electron chi connectivity index (χ0n) is 11.1. The molecule has 3 rings (SSSR count). The van der Waals surface area contributed by atoms with E-state index < -0.39 is 5.79 Å². The Morgan fingerprint density at radius 3 is 2.74 bits per heavy atom. The number of nitrogens with zero attached hydrogens (tertiary/aromatic N) is 3. The molecule has 2 unspecified atom stereocenters. The average Bonchev–Trinajstić information content (AvgIpc) is 3.01. The van der Waals surface area contributed by atoms with E-state index in [2.05, 4.69) is 29.1 Å². The van der Waals surface area contributed by atoms with Crippen LogP contribution in [-0.2, 0) is 21.8 Å². The average molecular weight is 259 g/mol. The van der Waals surface area contributed by atoms with Crippen molar-refractivity contribution in [2.45, 2.75) is 32.3 Å². The lowest BCUT2D eigenvalue weighted by molar-refractivity contribution is -0.186. The fourth-order valence-electron chi connectivity index (χ4n) is 2.31. The van der Waals surface area contributed by atoms with Crippen LogP contribution >= 0.6 is 0 Å². The molecule has 0 bridgehead atoms. The van der Waals surface area contributed by atoms with Gasteiger partial charge in [0.1, 0.15) is 19.2 Å². The maximum absolute atomic E-state index is 6.04. The molecule has 1 fully saturated rings. The van der Waals surface area contributed by atoms with E-state index in [0.29, 0.717) is 13.2 Å². The summed E-state index contributed by atoms with van der Waals surface area (Å²) < 4.78 is 13.7. The number of benzene rings is 1. The Labute approximate surface area is 112 Å². The number of hydrogen-bond donors (Lipinski definition) is 0. The Kier molecular flexibility index (Phi) is 3.08. The van der Waals surface area contributed by atoms with Crippen LogP contribution in [0.3, 0.4) is 0 Å². The Bertz CT molecular complexity index is 538. The third-order valence-electron chi connectivity index (χ3n) is 3.27. The summed E-state index contributed by atoms with van der Waals surface area (Å²) in [4.78, 5) is 3.96. The van der Waals surface area contributed by atoms with Gasteiger partial charge in [-0.25, -0.2) is 9.67 Å². The summed E-state index contributed by atoms with van der Waals surface area (Å²) in [6, 6.07) is 8.22. The highest BCUT2D eigenvalue weighted by Crippen LogP contribution is 2.35. The molecule has 1 saturated heterocycles. The summed E-state index contributed by atoms with van der Waals surface area (Å²) in [6.07, 6.45) is 3.26. The van der Waals surface area contributed by atoms with Gasteiger partial charge in [-0.3, -0.25) is 0 Å². The molecular weight excluding hydrogens is 242 g/mol. The van der Waals surface area contributed by atoms with Gasteiger partial charge in [0, 0.05) is 5.56 Å². The molecular formula is C14H17N3O2. The molecule has 2 aromatic rings. The van der Waals surface area contributed by atoms with Crippen molar-refractivity contribution < 1.29 is 9.47 Å². The summed E-state index contributed by atoms with van der Waals surface area (Å²) >= 11 is 0. The molecule has 100 valence electrons. The molecule has 2 heterocycles. The van der Waals surface area contributed by atoms with Crippen molar-refractivity contribution in [3.8, 4) is 0 Å². The number of aryl methyl sites for hydroxylation is 1. The minimum atomic E-state index is -0.763. The quantitative estimate of drug-likeness (QED) is 0.844. The van der Waals surface area contributed by atoms with E-state index in [1.54, 1.807) is 11.0 Å². The van der Waals surface area contributed by atoms with Gasteiger partial charge < -0.3 is 9.47 Å². The molecule has 5 nitrogen and oxygen atoms in total. The van der Waals surface area contributed by atoms with Crippen molar-refractivity contribution in [3.05, 3.63) is 48.0 Å². The van der Waals surface area contributed by atoms with E-state index in [-0.39, 0.29) is 6.10 Å². The van der Waals surface area contributed by atoms with Gasteiger partial charge in [-0.05, 0) is 13.8 Å². The van der Waals surface area contributed by atoms with Crippen LogP contribution in [0.5, 0.6) is 0 Å². The molecule has 0 amide bonds. The SMILES string of the molecule is Cc1ccc(C2(Cn3cncn3)OCC(C)O2)cc1. The van der Waals surface area contributed by atoms with Crippen molar-refractivity contribution in [1.29, 1.82) is 0 Å². The lowest BCUT2D eigenvalue weighted by Crippen LogP contribution is -2.33. The Morgan fingerprint density at radius 1 is 1.37 bits per heavy atom. The van der Waals surface area contributed by atoms with Crippen molar-refractivity contribution in [1.82, 2.24) is 14.8 Å². The van der Waals surface area contributed by atoms with Gasteiger partial charge in [-0.15, -0.1) is 0 Å². The number of ether oxygens (including phenoxy) is 2. The molecule has 1 aromatic carbocycles. The largest absolute Gasteiger partial charge is 0.342 e. The minimum absolute atomic E-state index is 0.0739. The normalized spacial score (nSPS) is 26.7. The molecule has 5 heteroatoms. The molecule has 0 aliphatic carbocycles. The van der Waals surface area contributed by atoms with Crippen LogP contribution in [0.25, 0.3) is 0 Å². The fourth-order valence-corrected chi connectivity index (χ4v) is 2.31. The monoisotopic (exact) mass is 259 g/mol. The first-order valence-electron chi connectivity index (χ1n) is 6.39. The van der Waals surface area contributed by atoms with Gasteiger partial charge in [-0.2, -0.15) is 5.10 Å². The second-order valence-corrected chi connectivity index (χ2v) is 4.95. The molecule has 0 spiro atoms. The van der Waals surface area contributed by atoms with E-state index in [1.807, 2.05) is 19.1 Å². The first kappa shape index (κ1) is 12.3. The van der Waals surface area contributed by atoms with Crippen molar-refractivity contribution in [2.75, 3.05) is 6.61 Å². The number of aromatic nitrogens is 3. The maximum atomic E-state index is 6.04. The highest BCUT2D eigenvalue weighted by Gasteiger charge is 2.42. The molecule has 1 aromatic heterocycles. The van der Waals surface area contributed by atoms with Gasteiger partial charge in [0.2, 0.25) is 5.79 Å². The number of hydrogen-bond acceptors (Lipinski definition) is 4. The zero-order valence-corrected chi connectivity index (χ0v) is 11.1. The minimum Gasteiger partial charge on any atom is -0.342 e. The Balaban J connectivity index is 1.95. The highest BCUT2D eigenvalue weighted by molar-refractivity contribution is 5.25. The van der Waals surface area contributed by atoms with Crippen LogP contribution < -0.4 is 0 Å². The van der Waals surface area contributed by atoms with Crippen LogP contribution in [-0.4, -0.2) is 27.5 Å². The van der Waals surface area contributed by atoms with Crippen molar-refractivity contribution >= 4 is 0 Å². The smallest absolute Gasteiger partial charge is 0.215 e. The highest BCUT2D eigenvalue weighted by atomic mass is 16.7. The third kappa shape index (κ3) is 2.39. The summed E-state index contributed by atoms with van der Waals surface area (Å²) in [5.74, 6) is -0.763. The topological polar surface area (TPSA) is 49.2 Å². The molecule has 1 aliphatic heterocycles. The van der Waals surface area contributed by atoms with Crippen LogP contribution in [0.15, 0.2) is 36.9 Å². The molecule has 2 atom stereocenters. The maximum Gasteiger partial charge on any atom is 0.215 e. The van der Waals surface area contributed by atoms with Crippen molar-refractivity contribution in [3.63, 3.8) is 0 Å². The van der Waals surface area contributed by atoms with Crippen LogP contribution in [0.2, 0.25) is 0 Å². The summed E-state index contributed by atoms with van der Waals surface area (Å²) in [5, 5.41) is 4.14. The second kappa shape index (κ2) is 4.75. The number of rotatable bonds is 3. The van der Waals surface area contributed by atoms with Gasteiger partial charge in [0.25, 0.3) is 0 Å². The van der Waals surface area contributed by atoms with Crippen LogP contribution in [0, 0.1) is 6.92 Å². The first-order chi connectivity index (χ1) is 9.18. The fraction of sp³-hybridized carbons (Fsp3) is 0.429. The third-order valence-corrected chi connectivity index (χ3v) is 3.27. The summed E-state index contributed by atoms with van der Waals surface area (Å²) in [7, 11) is 0. The lowest BCUT2D eigenvalue weighted by atomic mass is 10.0. The van der Waals surface area contributed by atoms with Gasteiger partial charge in [0.15, 0.2) is 0 Å².